The first-order valence-electron chi connectivity index (χ1n) is 8.22. The summed E-state index contributed by atoms with van der Waals surface area (Å²) in [5, 5.41) is 11.6. The van der Waals surface area contributed by atoms with E-state index in [9.17, 15) is 0 Å². The van der Waals surface area contributed by atoms with E-state index >= 15 is 0 Å². The topological polar surface area (TPSA) is 50.1 Å². The van der Waals surface area contributed by atoms with Gasteiger partial charge in [0.15, 0.2) is 0 Å². The van der Waals surface area contributed by atoms with Crippen molar-refractivity contribution in [3.8, 4) is 0 Å². The van der Waals surface area contributed by atoms with Crippen LogP contribution >= 0.6 is 0 Å². The van der Waals surface area contributed by atoms with E-state index < -0.39 is 0 Å². The number of nitrogens with zero attached hydrogens (tertiary/aromatic N) is 1. The van der Waals surface area contributed by atoms with Gasteiger partial charge in [-0.2, -0.15) is 0 Å². The second-order valence-electron chi connectivity index (χ2n) is 6.42. The molecule has 1 aliphatic heterocycles. The molecule has 1 aromatic heterocycles. The highest BCUT2D eigenvalue weighted by molar-refractivity contribution is 5.03. The summed E-state index contributed by atoms with van der Waals surface area (Å²) in [7, 11) is 0. The quantitative estimate of drug-likeness (QED) is 0.888. The van der Waals surface area contributed by atoms with Crippen molar-refractivity contribution in [1.29, 1.82) is 0 Å². The van der Waals surface area contributed by atoms with Crippen molar-refractivity contribution in [3.05, 3.63) is 17.5 Å². The summed E-state index contributed by atoms with van der Waals surface area (Å²) in [6, 6.07) is 3.39. The van der Waals surface area contributed by atoms with Crippen molar-refractivity contribution >= 4 is 0 Å². The molecule has 2 fully saturated rings. The first-order chi connectivity index (χ1) is 9.83. The maximum atomic E-state index is 5.15. The molecule has 2 N–H and O–H groups in total. The van der Waals surface area contributed by atoms with Crippen LogP contribution < -0.4 is 10.6 Å². The number of nitrogens with one attached hydrogen (secondary N) is 2. The molecule has 3 unspecified atom stereocenters. The SMILES string of the molecule is Cc1cc(CNC2CCCCC2C2CCCCN2)no1. The van der Waals surface area contributed by atoms with Crippen molar-refractivity contribution in [2.24, 2.45) is 5.92 Å². The van der Waals surface area contributed by atoms with Gasteiger partial charge in [-0.1, -0.05) is 24.4 Å². The molecule has 3 rings (SSSR count). The Kier molecular flexibility index (Phi) is 4.73. The molecule has 0 radical (unpaired) electrons. The summed E-state index contributed by atoms with van der Waals surface area (Å²) >= 11 is 0. The van der Waals surface area contributed by atoms with E-state index in [0.717, 1.165) is 30.0 Å². The Hall–Kier alpha value is -0.870. The van der Waals surface area contributed by atoms with Crippen molar-refractivity contribution in [2.75, 3.05) is 6.54 Å². The van der Waals surface area contributed by atoms with Gasteiger partial charge in [0.25, 0.3) is 0 Å². The minimum atomic E-state index is 0.636. The van der Waals surface area contributed by atoms with Crippen LogP contribution in [0.2, 0.25) is 0 Å². The number of piperidine rings is 1. The zero-order valence-corrected chi connectivity index (χ0v) is 12.5. The van der Waals surface area contributed by atoms with E-state index in [1.54, 1.807) is 0 Å². The van der Waals surface area contributed by atoms with Crippen molar-refractivity contribution in [3.63, 3.8) is 0 Å². The lowest BCUT2D eigenvalue weighted by Crippen LogP contribution is -2.50. The van der Waals surface area contributed by atoms with Gasteiger partial charge >= 0.3 is 0 Å². The van der Waals surface area contributed by atoms with Gasteiger partial charge in [-0.25, -0.2) is 0 Å². The molecule has 4 nitrogen and oxygen atoms in total. The van der Waals surface area contributed by atoms with Crippen LogP contribution in [0, 0.1) is 12.8 Å². The third kappa shape index (κ3) is 3.41. The van der Waals surface area contributed by atoms with E-state index in [0.29, 0.717) is 6.04 Å². The summed E-state index contributed by atoms with van der Waals surface area (Å²) < 4.78 is 5.15. The average molecular weight is 277 g/mol. The Morgan fingerprint density at radius 3 is 2.85 bits per heavy atom. The normalized spacial score (nSPS) is 31.4. The predicted octanol–water partition coefficient (Wildman–Crippen LogP) is 2.77. The Morgan fingerprint density at radius 1 is 1.25 bits per heavy atom. The summed E-state index contributed by atoms with van der Waals surface area (Å²) in [5.74, 6) is 1.69. The Bertz CT molecular complexity index is 412. The number of rotatable bonds is 4. The second-order valence-corrected chi connectivity index (χ2v) is 6.42. The number of hydrogen-bond donors (Lipinski definition) is 2. The lowest BCUT2D eigenvalue weighted by Gasteiger charge is -2.39. The molecule has 2 heterocycles. The molecule has 4 heteroatoms. The minimum Gasteiger partial charge on any atom is -0.361 e. The smallest absolute Gasteiger partial charge is 0.133 e. The zero-order valence-electron chi connectivity index (χ0n) is 12.5. The van der Waals surface area contributed by atoms with Crippen LogP contribution in [0.4, 0.5) is 0 Å². The molecule has 1 aliphatic carbocycles. The molecule has 1 saturated carbocycles. The molecule has 3 atom stereocenters. The standard InChI is InChI=1S/C16H27N3O/c1-12-10-13(19-20-12)11-18-16-7-3-2-6-14(16)15-8-4-5-9-17-15/h10,14-18H,2-9,11H2,1H3. The molecular formula is C16H27N3O. The van der Waals surface area contributed by atoms with Gasteiger partial charge in [0, 0.05) is 24.7 Å². The van der Waals surface area contributed by atoms with Crippen LogP contribution in [0.1, 0.15) is 56.4 Å². The highest BCUT2D eigenvalue weighted by atomic mass is 16.5. The van der Waals surface area contributed by atoms with Gasteiger partial charge < -0.3 is 15.2 Å². The summed E-state index contributed by atoms with van der Waals surface area (Å²) in [6.07, 6.45) is 9.52. The van der Waals surface area contributed by atoms with Crippen molar-refractivity contribution in [1.82, 2.24) is 15.8 Å². The van der Waals surface area contributed by atoms with E-state index in [2.05, 4.69) is 15.8 Å². The van der Waals surface area contributed by atoms with Gasteiger partial charge in [-0.05, 0) is 45.1 Å². The average Bonchev–Trinajstić information content (AvgIpc) is 2.92. The first kappa shape index (κ1) is 14.1. The summed E-state index contributed by atoms with van der Waals surface area (Å²) in [5.41, 5.74) is 1.03. The van der Waals surface area contributed by atoms with E-state index in [-0.39, 0.29) is 0 Å². The lowest BCUT2D eigenvalue weighted by molar-refractivity contribution is 0.180. The van der Waals surface area contributed by atoms with Crippen LogP contribution in [-0.4, -0.2) is 23.8 Å². The molecule has 0 bridgehead atoms. The maximum absolute atomic E-state index is 5.15. The van der Waals surface area contributed by atoms with Gasteiger partial charge in [0.1, 0.15) is 5.76 Å². The Morgan fingerprint density at radius 2 is 2.10 bits per heavy atom. The maximum Gasteiger partial charge on any atom is 0.133 e. The van der Waals surface area contributed by atoms with E-state index in [1.807, 2.05) is 13.0 Å². The summed E-state index contributed by atoms with van der Waals surface area (Å²) in [6.45, 7) is 3.99. The monoisotopic (exact) mass is 277 g/mol. The number of aromatic nitrogens is 1. The van der Waals surface area contributed by atoms with E-state index in [1.165, 1.54) is 51.5 Å². The number of hydrogen-bond acceptors (Lipinski definition) is 4. The zero-order chi connectivity index (χ0) is 13.8. The Labute approximate surface area is 121 Å². The predicted molar refractivity (Wildman–Crippen MR) is 79.5 cm³/mol. The van der Waals surface area contributed by atoms with Crippen LogP contribution in [0.25, 0.3) is 0 Å². The van der Waals surface area contributed by atoms with Crippen molar-refractivity contribution in [2.45, 2.75) is 70.5 Å². The highest BCUT2D eigenvalue weighted by Crippen LogP contribution is 2.30. The molecular weight excluding hydrogens is 250 g/mol. The molecule has 0 aromatic carbocycles. The third-order valence-electron chi connectivity index (χ3n) is 4.91. The second kappa shape index (κ2) is 6.72. The first-order valence-corrected chi connectivity index (χ1v) is 8.22. The molecule has 0 spiro atoms. The van der Waals surface area contributed by atoms with Crippen molar-refractivity contribution < 1.29 is 4.52 Å². The molecule has 1 saturated heterocycles. The van der Waals surface area contributed by atoms with Gasteiger partial charge in [-0.3, -0.25) is 0 Å². The van der Waals surface area contributed by atoms with Crippen LogP contribution in [0.15, 0.2) is 10.6 Å². The molecule has 20 heavy (non-hydrogen) atoms. The van der Waals surface area contributed by atoms with E-state index in [4.69, 9.17) is 4.52 Å². The third-order valence-corrected chi connectivity index (χ3v) is 4.91. The largest absolute Gasteiger partial charge is 0.361 e. The molecule has 112 valence electrons. The van der Waals surface area contributed by atoms with Crippen LogP contribution in [-0.2, 0) is 6.54 Å². The summed E-state index contributed by atoms with van der Waals surface area (Å²) in [4.78, 5) is 0. The fraction of sp³-hybridized carbons (Fsp3) is 0.812. The van der Waals surface area contributed by atoms with Crippen LogP contribution in [0.3, 0.4) is 0 Å². The minimum absolute atomic E-state index is 0.636. The molecule has 1 aromatic rings. The molecule has 2 aliphatic rings. The fourth-order valence-corrected chi connectivity index (χ4v) is 3.88. The van der Waals surface area contributed by atoms with Gasteiger partial charge in [0.05, 0.1) is 5.69 Å². The van der Waals surface area contributed by atoms with Gasteiger partial charge in [-0.15, -0.1) is 0 Å². The van der Waals surface area contributed by atoms with Gasteiger partial charge in [0.2, 0.25) is 0 Å². The molecule has 0 amide bonds. The fourth-order valence-electron chi connectivity index (χ4n) is 3.88. The highest BCUT2D eigenvalue weighted by Gasteiger charge is 2.32. The van der Waals surface area contributed by atoms with Crippen LogP contribution in [0.5, 0.6) is 0 Å². The lowest BCUT2D eigenvalue weighted by atomic mass is 9.77. The Balaban J connectivity index is 1.57. The number of aryl methyl sites for hydroxylation is 1.